The van der Waals surface area contributed by atoms with Gasteiger partial charge in [-0.05, 0) is 51.4 Å². The van der Waals surface area contributed by atoms with E-state index >= 15 is 0 Å². The lowest BCUT2D eigenvalue weighted by Crippen LogP contribution is -2.41. The zero-order chi connectivity index (χ0) is 14.3. The maximum Gasteiger partial charge on any atom is 0.267 e. The molecule has 0 aromatic rings. The number of carbonyl (C=O) groups excluding carboxylic acids is 1. The summed E-state index contributed by atoms with van der Waals surface area (Å²) in [5.41, 5.74) is 7.76. The molecule has 0 aromatic heterocycles. The van der Waals surface area contributed by atoms with E-state index in [2.05, 4.69) is 13.8 Å². The van der Waals surface area contributed by atoms with Gasteiger partial charge in [-0.3, -0.25) is 10.0 Å². The molecule has 4 N–H and O–H groups in total. The van der Waals surface area contributed by atoms with Crippen molar-refractivity contribution in [1.82, 2.24) is 5.48 Å². The van der Waals surface area contributed by atoms with Crippen LogP contribution in [0.25, 0.3) is 0 Å². The number of hydrogen-bond donors (Lipinski definition) is 3. The van der Waals surface area contributed by atoms with Crippen molar-refractivity contribution in [1.29, 1.82) is 0 Å². The summed E-state index contributed by atoms with van der Waals surface area (Å²) in [5, 5.41) is 8.49. The first-order chi connectivity index (χ1) is 8.93. The van der Waals surface area contributed by atoms with Gasteiger partial charge >= 0.3 is 0 Å². The van der Waals surface area contributed by atoms with E-state index in [1.807, 2.05) is 6.08 Å². The molecule has 1 aliphatic rings. The quantitative estimate of drug-likeness (QED) is 0.418. The molecule has 2 atom stereocenters. The van der Waals surface area contributed by atoms with Gasteiger partial charge in [-0.1, -0.05) is 25.3 Å². The van der Waals surface area contributed by atoms with E-state index in [0.717, 1.165) is 19.3 Å². The predicted molar refractivity (Wildman–Crippen MR) is 76.6 cm³/mol. The van der Waals surface area contributed by atoms with Crippen LogP contribution in [0.15, 0.2) is 12.2 Å². The van der Waals surface area contributed by atoms with E-state index in [1.165, 1.54) is 31.8 Å². The van der Waals surface area contributed by atoms with Gasteiger partial charge < -0.3 is 5.73 Å². The van der Waals surface area contributed by atoms with Crippen LogP contribution in [0.2, 0.25) is 0 Å². The Labute approximate surface area is 116 Å². The molecule has 0 heterocycles. The first-order valence-corrected chi connectivity index (χ1v) is 7.34. The molecule has 0 radical (unpaired) electrons. The summed E-state index contributed by atoms with van der Waals surface area (Å²) in [5.74, 6) is 0.518. The van der Waals surface area contributed by atoms with Crippen LogP contribution in [0.3, 0.4) is 0 Å². The number of hydrogen-bond acceptors (Lipinski definition) is 3. The van der Waals surface area contributed by atoms with E-state index < -0.39 is 5.91 Å². The Morgan fingerprint density at radius 2 is 1.89 bits per heavy atom. The fourth-order valence-corrected chi connectivity index (χ4v) is 2.88. The van der Waals surface area contributed by atoms with Crippen molar-refractivity contribution < 1.29 is 10.0 Å². The van der Waals surface area contributed by atoms with Crippen LogP contribution in [0.4, 0.5) is 0 Å². The van der Waals surface area contributed by atoms with Gasteiger partial charge in [0.2, 0.25) is 0 Å². The Balaban J connectivity index is 2.59. The summed E-state index contributed by atoms with van der Waals surface area (Å²) in [6, 6.07) is 0. The van der Waals surface area contributed by atoms with Gasteiger partial charge in [0.15, 0.2) is 0 Å². The third kappa shape index (κ3) is 6.21. The zero-order valence-corrected chi connectivity index (χ0v) is 12.2. The first-order valence-electron chi connectivity index (χ1n) is 7.34. The lowest BCUT2D eigenvalue weighted by Gasteiger charge is -2.31. The maximum atomic E-state index is 11.0. The van der Waals surface area contributed by atoms with Crippen molar-refractivity contribution in [2.24, 2.45) is 17.6 Å². The van der Waals surface area contributed by atoms with E-state index in [0.29, 0.717) is 11.8 Å². The van der Waals surface area contributed by atoms with Crippen LogP contribution in [0.1, 0.15) is 58.8 Å². The maximum absolute atomic E-state index is 11.0. The van der Waals surface area contributed by atoms with Gasteiger partial charge in [-0.15, -0.1) is 0 Å². The van der Waals surface area contributed by atoms with Gasteiger partial charge in [0.1, 0.15) is 0 Å². The monoisotopic (exact) mass is 268 g/mol. The number of rotatable bonds is 3. The third-order valence-electron chi connectivity index (χ3n) is 4.20. The van der Waals surface area contributed by atoms with Gasteiger partial charge in [0.05, 0.1) is 0 Å². The van der Waals surface area contributed by atoms with Gasteiger partial charge in [0.25, 0.3) is 5.91 Å². The molecular formula is C15H28N2O2. The Bertz CT molecular complexity index is 308. The summed E-state index contributed by atoms with van der Waals surface area (Å²) in [4.78, 5) is 11.0. The van der Waals surface area contributed by atoms with Crippen LogP contribution in [-0.4, -0.2) is 16.7 Å². The summed E-state index contributed by atoms with van der Waals surface area (Å²) in [6.45, 7) is 4.22. The van der Waals surface area contributed by atoms with E-state index in [9.17, 15) is 4.79 Å². The van der Waals surface area contributed by atoms with Crippen molar-refractivity contribution in [3.8, 4) is 0 Å². The molecule has 110 valence electrons. The lowest BCUT2D eigenvalue weighted by molar-refractivity contribution is -0.124. The fraction of sp³-hybridized carbons (Fsp3) is 0.800. The number of nitrogens with two attached hydrogens (primary N) is 1. The Morgan fingerprint density at radius 1 is 1.21 bits per heavy atom. The molecule has 4 heteroatoms. The molecule has 4 nitrogen and oxygen atoms in total. The minimum atomic E-state index is -0.449. The minimum absolute atomic E-state index is 0.124. The van der Waals surface area contributed by atoms with Crippen LogP contribution >= 0.6 is 0 Å². The lowest BCUT2D eigenvalue weighted by atomic mass is 9.80. The number of nitrogens with one attached hydrogen (secondary N) is 1. The second kappa shape index (κ2) is 7.65. The standard InChI is InChI=1S/C15H28N2O2/c1-15(2,16)13-7-5-3-4-6-12(8-10-13)9-11-14(18)17-19/h9,11-13,19H,3-8,10,16H2,1-2H3,(H,17,18)/b11-9+. The molecule has 0 spiro atoms. The van der Waals surface area contributed by atoms with Crippen molar-refractivity contribution in [2.75, 3.05) is 0 Å². The second-order valence-corrected chi connectivity index (χ2v) is 6.33. The largest absolute Gasteiger partial charge is 0.325 e. The molecule has 1 rings (SSSR count). The highest BCUT2D eigenvalue weighted by atomic mass is 16.5. The Morgan fingerprint density at radius 3 is 2.53 bits per heavy atom. The number of amides is 1. The minimum Gasteiger partial charge on any atom is -0.325 e. The van der Waals surface area contributed by atoms with Crippen molar-refractivity contribution in [3.05, 3.63) is 12.2 Å². The first kappa shape index (κ1) is 16.2. The summed E-state index contributed by atoms with van der Waals surface area (Å²) >= 11 is 0. The number of hydroxylamine groups is 1. The van der Waals surface area contributed by atoms with E-state index in [1.54, 1.807) is 5.48 Å². The van der Waals surface area contributed by atoms with Crippen LogP contribution < -0.4 is 11.2 Å². The average molecular weight is 268 g/mol. The molecule has 2 unspecified atom stereocenters. The smallest absolute Gasteiger partial charge is 0.267 e. The molecule has 0 bridgehead atoms. The Kier molecular flexibility index (Phi) is 6.52. The molecule has 1 amide bonds. The van der Waals surface area contributed by atoms with Crippen LogP contribution in [-0.2, 0) is 4.79 Å². The highest BCUT2D eigenvalue weighted by Gasteiger charge is 2.26. The van der Waals surface area contributed by atoms with E-state index in [-0.39, 0.29) is 5.54 Å². The van der Waals surface area contributed by atoms with Crippen molar-refractivity contribution in [2.45, 2.75) is 64.3 Å². The zero-order valence-electron chi connectivity index (χ0n) is 12.2. The van der Waals surface area contributed by atoms with E-state index in [4.69, 9.17) is 10.9 Å². The Hall–Kier alpha value is -0.870. The molecule has 19 heavy (non-hydrogen) atoms. The molecule has 0 aliphatic heterocycles. The molecule has 1 fully saturated rings. The van der Waals surface area contributed by atoms with Gasteiger partial charge in [-0.25, -0.2) is 5.48 Å². The predicted octanol–water partition coefficient (Wildman–Crippen LogP) is 2.76. The van der Waals surface area contributed by atoms with Crippen molar-refractivity contribution >= 4 is 5.91 Å². The molecular weight excluding hydrogens is 240 g/mol. The molecule has 0 saturated heterocycles. The summed E-state index contributed by atoms with van der Waals surface area (Å²) in [7, 11) is 0. The summed E-state index contributed by atoms with van der Waals surface area (Å²) < 4.78 is 0. The van der Waals surface area contributed by atoms with Crippen molar-refractivity contribution in [3.63, 3.8) is 0 Å². The highest BCUT2D eigenvalue weighted by Crippen LogP contribution is 2.31. The van der Waals surface area contributed by atoms with Gasteiger partial charge in [-0.2, -0.15) is 0 Å². The average Bonchev–Trinajstić information content (AvgIpc) is 2.46. The SMILES string of the molecule is CC(C)(N)C1CCCCCC(/C=C/C(=O)NO)CC1. The topological polar surface area (TPSA) is 75.4 Å². The van der Waals surface area contributed by atoms with Crippen LogP contribution in [0, 0.1) is 11.8 Å². The second-order valence-electron chi connectivity index (χ2n) is 6.33. The molecule has 1 saturated carbocycles. The normalized spacial score (nSPS) is 26.5. The number of carbonyl (C=O) groups is 1. The third-order valence-corrected chi connectivity index (χ3v) is 4.20. The fourth-order valence-electron chi connectivity index (χ4n) is 2.88. The molecule has 0 aromatic carbocycles. The highest BCUT2D eigenvalue weighted by molar-refractivity contribution is 5.86. The summed E-state index contributed by atoms with van der Waals surface area (Å²) in [6.07, 6.45) is 11.6. The van der Waals surface area contributed by atoms with Crippen LogP contribution in [0.5, 0.6) is 0 Å². The molecule has 1 aliphatic carbocycles. The van der Waals surface area contributed by atoms with Gasteiger partial charge in [0, 0.05) is 11.6 Å². The number of allylic oxidation sites excluding steroid dienone is 1.